The third kappa shape index (κ3) is 4.79. The molecular weight excluding hydrogens is 371 g/mol. The molecule has 4 nitrogen and oxygen atoms in total. The van der Waals surface area contributed by atoms with Crippen LogP contribution in [0.4, 0.5) is 0 Å². The lowest BCUT2D eigenvalue weighted by atomic mass is 10.2. The number of ether oxygens (including phenoxy) is 4. The predicted octanol–water partition coefficient (Wildman–Crippen LogP) is 3.55. The maximum Gasteiger partial charge on any atom is 0.161 e. The van der Waals surface area contributed by atoms with Crippen molar-refractivity contribution < 1.29 is 18.9 Å². The standard InChI is InChI=1S/C15H21IO4/c1-17-14-10-12(5-6-13(14)18-9-7-16)11-20-15-4-2-3-8-19-15/h5-6,10,15H,2-4,7-9,11H2,1H3. The van der Waals surface area contributed by atoms with Crippen LogP contribution < -0.4 is 9.47 Å². The molecule has 1 saturated heterocycles. The highest BCUT2D eigenvalue weighted by Gasteiger charge is 2.14. The van der Waals surface area contributed by atoms with Gasteiger partial charge in [-0.15, -0.1) is 0 Å². The van der Waals surface area contributed by atoms with Crippen LogP contribution in [-0.2, 0) is 16.1 Å². The van der Waals surface area contributed by atoms with Gasteiger partial charge < -0.3 is 18.9 Å². The summed E-state index contributed by atoms with van der Waals surface area (Å²) in [5.41, 5.74) is 1.07. The van der Waals surface area contributed by atoms with Crippen LogP contribution in [0.5, 0.6) is 11.5 Å². The van der Waals surface area contributed by atoms with Crippen LogP contribution in [0.25, 0.3) is 0 Å². The fraction of sp³-hybridized carbons (Fsp3) is 0.600. The summed E-state index contributed by atoms with van der Waals surface area (Å²) in [6, 6.07) is 5.91. The average molecular weight is 392 g/mol. The SMILES string of the molecule is COc1cc(COC2CCCCO2)ccc1OCCI. The van der Waals surface area contributed by atoms with Gasteiger partial charge >= 0.3 is 0 Å². The van der Waals surface area contributed by atoms with Crippen LogP contribution in [0.1, 0.15) is 24.8 Å². The van der Waals surface area contributed by atoms with Crippen molar-refractivity contribution >= 4 is 22.6 Å². The van der Waals surface area contributed by atoms with Gasteiger partial charge in [-0.25, -0.2) is 0 Å². The van der Waals surface area contributed by atoms with Crippen molar-refractivity contribution in [2.75, 3.05) is 24.8 Å². The molecule has 1 heterocycles. The van der Waals surface area contributed by atoms with E-state index < -0.39 is 0 Å². The molecule has 1 fully saturated rings. The quantitative estimate of drug-likeness (QED) is 0.526. The van der Waals surface area contributed by atoms with Crippen molar-refractivity contribution in [1.82, 2.24) is 0 Å². The molecule has 0 aliphatic carbocycles. The Morgan fingerprint density at radius 3 is 2.90 bits per heavy atom. The molecule has 0 amide bonds. The van der Waals surface area contributed by atoms with Crippen molar-refractivity contribution in [3.05, 3.63) is 23.8 Å². The van der Waals surface area contributed by atoms with E-state index in [0.29, 0.717) is 13.2 Å². The molecule has 1 aromatic carbocycles. The number of methoxy groups -OCH3 is 1. The molecule has 0 spiro atoms. The second kappa shape index (κ2) is 8.69. The van der Waals surface area contributed by atoms with Gasteiger partial charge in [0.2, 0.25) is 0 Å². The first-order valence-corrected chi connectivity index (χ1v) is 8.45. The molecule has 2 rings (SSSR count). The zero-order valence-electron chi connectivity index (χ0n) is 11.8. The molecule has 1 atom stereocenters. The fourth-order valence-electron chi connectivity index (χ4n) is 2.10. The molecule has 5 heteroatoms. The van der Waals surface area contributed by atoms with Crippen LogP contribution >= 0.6 is 22.6 Å². The van der Waals surface area contributed by atoms with Gasteiger partial charge in [-0.2, -0.15) is 0 Å². The van der Waals surface area contributed by atoms with E-state index in [1.54, 1.807) is 7.11 Å². The Labute approximate surface area is 133 Å². The molecule has 1 aliphatic heterocycles. The number of hydrogen-bond donors (Lipinski definition) is 0. The van der Waals surface area contributed by atoms with Crippen LogP contribution in [-0.4, -0.2) is 31.0 Å². The highest BCUT2D eigenvalue weighted by molar-refractivity contribution is 14.1. The largest absolute Gasteiger partial charge is 0.493 e. The van der Waals surface area contributed by atoms with Gasteiger partial charge in [-0.3, -0.25) is 0 Å². The van der Waals surface area contributed by atoms with E-state index in [0.717, 1.165) is 40.9 Å². The fourth-order valence-corrected chi connectivity index (χ4v) is 2.32. The summed E-state index contributed by atoms with van der Waals surface area (Å²) in [5.74, 6) is 1.53. The van der Waals surface area contributed by atoms with Crippen molar-refractivity contribution in [3.63, 3.8) is 0 Å². The normalized spacial score (nSPS) is 18.8. The average Bonchev–Trinajstić information content (AvgIpc) is 2.52. The van der Waals surface area contributed by atoms with E-state index in [-0.39, 0.29) is 6.29 Å². The van der Waals surface area contributed by atoms with E-state index in [2.05, 4.69) is 22.6 Å². The second-order valence-electron chi connectivity index (χ2n) is 4.63. The van der Waals surface area contributed by atoms with Crippen LogP contribution in [0.15, 0.2) is 18.2 Å². The van der Waals surface area contributed by atoms with Crippen LogP contribution in [0.3, 0.4) is 0 Å². The minimum atomic E-state index is -0.0651. The van der Waals surface area contributed by atoms with E-state index in [1.807, 2.05) is 18.2 Å². The topological polar surface area (TPSA) is 36.9 Å². The number of hydrogen-bond acceptors (Lipinski definition) is 4. The number of rotatable bonds is 7. The highest BCUT2D eigenvalue weighted by Crippen LogP contribution is 2.28. The van der Waals surface area contributed by atoms with Crippen molar-refractivity contribution in [1.29, 1.82) is 0 Å². The van der Waals surface area contributed by atoms with E-state index in [1.165, 1.54) is 6.42 Å². The smallest absolute Gasteiger partial charge is 0.161 e. The van der Waals surface area contributed by atoms with Gasteiger partial charge in [0.05, 0.1) is 20.3 Å². The number of alkyl halides is 1. The maximum absolute atomic E-state index is 5.77. The Hall–Kier alpha value is -0.530. The molecule has 0 radical (unpaired) electrons. The first kappa shape index (κ1) is 15.9. The van der Waals surface area contributed by atoms with Crippen LogP contribution in [0.2, 0.25) is 0 Å². The molecule has 112 valence electrons. The first-order chi connectivity index (χ1) is 9.83. The zero-order chi connectivity index (χ0) is 14.2. The summed E-state index contributed by atoms with van der Waals surface area (Å²) >= 11 is 2.28. The lowest BCUT2D eigenvalue weighted by Gasteiger charge is -2.22. The summed E-state index contributed by atoms with van der Waals surface area (Å²) in [6.45, 7) is 2.02. The Balaban J connectivity index is 1.90. The molecule has 0 N–H and O–H groups in total. The summed E-state index contributed by atoms with van der Waals surface area (Å²) in [4.78, 5) is 0. The summed E-state index contributed by atoms with van der Waals surface area (Å²) < 4.78 is 23.3. The molecule has 1 unspecified atom stereocenters. The molecule has 1 aromatic rings. The Bertz CT molecular complexity index is 405. The number of halogens is 1. The minimum absolute atomic E-state index is 0.0651. The zero-order valence-corrected chi connectivity index (χ0v) is 13.9. The summed E-state index contributed by atoms with van der Waals surface area (Å²) in [6.07, 6.45) is 3.23. The van der Waals surface area contributed by atoms with Gasteiger partial charge in [-0.1, -0.05) is 28.7 Å². The summed E-state index contributed by atoms with van der Waals surface area (Å²) in [5, 5.41) is 0. The highest BCUT2D eigenvalue weighted by atomic mass is 127. The third-order valence-corrected chi connectivity index (χ3v) is 3.58. The molecular formula is C15H21IO4. The molecule has 0 bridgehead atoms. The Morgan fingerprint density at radius 1 is 1.30 bits per heavy atom. The third-order valence-electron chi connectivity index (χ3n) is 3.14. The van der Waals surface area contributed by atoms with Gasteiger partial charge in [0.1, 0.15) is 0 Å². The number of benzene rings is 1. The van der Waals surface area contributed by atoms with Crippen molar-refractivity contribution in [2.45, 2.75) is 32.2 Å². The second-order valence-corrected chi connectivity index (χ2v) is 5.71. The molecule has 1 aliphatic rings. The molecule has 0 aromatic heterocycles. The van der Waals surface area contributed by atoms with Crippen LogP contribution in [0, 0.1) is 0 Å². The first-order valence-electron chi connectivity index (χ1n) is 6.92. The van der Waals surface area contributed by atoms with E-state index in [4.69, 9.17) is 18.9 Å². The van der Waals surface area contributed by atoms with E-state index in [9.17, 15) is 0 Å². The van der Waals surface area contributed by atoms with E-state index >= 15 is 0 Å². The lowest BCUT2D eigenvalue weighted by Crippen LogP contribution is -2.22. The van der Waals surface area contributed by atoms with Gasteiger partial charge in [0.15, 0.2) is 17.8 Å². The minimum Gasteiger partial charge on any atom is -0.493 e. The Morgan fingerprint density at radius 2 is 2.20 bits per heavy atom. The van der Waals surface area contributed by atoms with Gasteiger partial charge in [-0.05, 0) is 37.0 Å². The predicted molar refractivity (Wildman–Crippen MR) is 85.8 cm³/mol. The van der Waals surface area contributed by atoms with Crippen molar-refractivity contribution in [3.8, 4) is 11.5 Å². The Kier molecular flexibility index (Phi) is 6.89. The van der Waals surface area contributed by atoms with Crippen molar-refractivity contribution in [2.24, 2.45) is 0 Å². The maximum atomic E-state index is 5.77. The van der Waals surface area contributed by atoms with Gasteiger partial charge in [0, 0.05) is 11.0 Å². The summed E-state index contributed by atoms with van der Waals surface area (Å²) in [7, 11) is 1.65. The molecule has 20 heavy (non-hydrogen) atoms. The monoisotopic (exact) mass is 392 g/mol. The lowest BCUT2D eigenvalue weighted by molar-refractivity contribution is -0.168. The van der Waals surface area contributed by atoms with Gasteiger partial charge in [0.25, 0.3) is 0 Å². The molecule has 0 saturated carbocycles.